The van der Waals surface area contributed by atoms with E-state index >= 15 is 0 Å². The van der Waals surface area contributed by atoms with Gasteiger partial charge in [0, 0.05) is 5.56 Å². The van der Waals surface area contributed by atoms with Crippen molar-refractivity contribution in [2.24, 2.45) is 5.16 Å². The summed E-state index contributed by atoms with van der Waals surface area (Å²) in [7, 11) is 0. The van der Waals surface area contributed by atoms with E-state index in [-0.39, 0.29) is 12.3 Å². The maximum Gasteiger partial charge on any atom is 0.416 e. The SMILES string of the molecule is Cc1ccc2c(c1)/C(=N/O)C(=O)N2Cc1cccc(C(F)(F)F)c1. The van der Waals surface area contributed by atoms with E-state index in [1.807, 2.05) is 6.92 Å². The monoisotopic (exact) mass is 334 g/mol. The Morgan fingerprint density at radius 1 is 1.17 bits per heavy atom. The van der Waals surface area contributed by atoms with Gasteiger partial charge in [-0.05, 0) is 36.8 Å². The minimum absolute atomic E-state index is 0.0438. The highest BCUT2D eigenvalue weighted by Gasteiger charge is 2.35. The molecule has 0 radical (unpaired) electrons. The third-order valence-corrected chi connectivity index (χ3v) is 3.84. The van der Waals surface area contributed by atoms with Crippen LogP contribution in [0.1, 0.15) is 22.3 Å². The van der Waals surface area contributed by atoms with Gasteiger partial charge >= 0.3 is 6.18 Å². The number of amides is 1. The van der Waals surface area contributed by atoms with Crippen LogP contribution in [0, 0.1) is 6.92 Å². The Balaban J connectivity index is 1.99. The molecule has 1 amide bonds. The number of benzene rings is 2. The van der Waals surface area contributed by atoms with Gasteiger partial charge in [-0.25, -0.2) is 0 Å². The Morgan fingerprint density at radius 3 is 2.58 bits per heavy atom. The zero-order valence-electron chi connectivity index (χ0n) is 12.6. The van der Waals surface area contributed by atoms with Crippen molar-refractivity contribution in [1.29, 1.82) is 0 Å². The van der Waals surface area contributed by atoms with Gasteiger partial charge in [-0.3, -0.25) is 4.79 Å². The number of carbonyl (C=O) groups excluding carboxylic acids is 1. The molecule has 1 N–H and O–H groups in total. The summed E-state index contributed by atoms with van der Waals surface area (Å²) in [6.07, 6.45) is -4.45. The van der Waals surface area contributed by atoms with Crippen LogP contribution in [0.2, 0.25) is 0 Å². The molecule has 4 nitrogen and oxygen atoms in total. The van der Waals surface area contributed by atoms with Crippen LogP contribution in [-0.2, 0) is 17.5 Å². The summed E-state index contributed by atoms with van der Waals surface area (Å²) in [6, 6.07) is 9.98. The van der Waals surface area contributed by atoms with Crippen LogP contribution in [0.4, 0.5) is 18.9 Å². The Kier molecular flexibility index (Phi) is 3.79. The maximum absolute atomic E-state index is 12.8. The first kappa shape index (κ1) is 16.0. The number of halogens is 3. The van der Waals surface area contributed by atoms with Crippen LogP contribution in [0.25, 0.3) is 0 Å². The van der Waals surface area contributed by atoms with E-state index in [0.717, 1.165) is 17.7 Å². The number of hydrogen-bond donors (Lipinski definition) is 1. The summed E-state index contributed by atoms with van der Waals surface area (Å²) in [5, 5.41) is 12.1. The highest BCUT2D eigenvalue weighted by molar-refractivity contribution is 6.54. The second kappa shape index (κ2) is 5.67. The van der Waals surface area contributed by atoms with Crippen LogP contribution < -0.4 is 4.90 Å². The van der Waals surface area contributed by atoms with Crippen molar-refractivity contribution >= 4 is 17.3 Å². The summed E-state index contributed by atoms with van der Waals surface area (Å²) in [5.41, 5.74) is 1.31. The molecule has 0 spiro atoms. The molecule has 24 heavy (non-hydrogen) atoms. The van der Waals surface area contributed by atoms with Crippen molar-refractivity contribution in [3.63, 3.8) is 0 Å². The number of anilines is 1. The summed E-state index contributed by atoms with van der Waals surface area (Å²) >= 11 is 0. The van der Waals surface area contributed by atoms with Gasteiger partial charge in [0.2, 0.25) is 0 Å². The zero-order valence-corrected chi connectivity index (χ0v) is 12.6. The largest absolute Gasteiger partial charge is 0.416 e. The lowest BCUT2D eigenvalue weighted by Crippen LogP contribution is -2.29. The van der Waals surface area contributed by atoms with Gasteiger partial charge < -0.3 is 10.1 Å². The van der Waals surface area contributed by atoms with Gasteiger partial charge in [0.1, 0.15) is 0 Å². The molecule has 0 aliphatic carbocycles. The molecule has 0 saturated carbocycles. The van der Waals surface area contributed by atoms with Crippen molar-refractivity contribution in [2.45, 2.75) is 19.6 Å². The number of alkyl halides is 3. The van der Waals surface area contributed by atoms with Gasteiger partial charge in [0.25, 0.3) is 5.91 Å². The molecule has 0 saturated heterocycles. The topological polar surface area (TPSA) is 52.9 Å². The fourth-order valence-electron chi connectivity index (χ4n) is 2.71. The van der Waals surface area contributed by atoms with Crippen molar-refractivity contribution in [3.05, 3.63) is 64.7 Å². The highest BCUT2D eigenvalue weighted by atomic mass is 19.4. The van der Waals surface area contributed by atoms with Gasteiger partial charge in [-0.15, -0.1) is 0 Å². The quantitative estimate of drug-likeness (QED) is 0.672. The minimum Gasteiger partial charge on any atom is -0.410 e. The normalized spacial score (nSPS) is 15.9. The summed E-state index contributed by atoms with van der Waals surface area (Å²) in [6.45, 7) is 1.78. The fourth-order valence-corrected chi connectivity index (χ4v) is 2.71. The van der Waals surface area contributed by atoms with Crippen molar-refractivity contribution < 1.29 is 23.2 Å². The number of hydrogen-bond acceptors (Lipinski definition) is 3. The molecule has 0 fully saturated rings. The summed E-state index contributed by atoms with van der Waals surface area (Å²) in [4.78, 5) is 13.7. The van der Waals surface area contributed by atoms with Gasteiger partial charge in [-0.2, -0.15) is 13.2 Å². The van der Waals surface area contributed by atoms with Gasteiger partial charge in [-0.1, -0.05) is 28.9 Å². The fraction of sp³-hybridized carbons (Fsp3) is 0.176. The predicted molar refractivity (Wildman–Crippen MR) is 82.1 cm³/mol. The second-order valence-electron chi connectivity index (χ2n) is 5.56. The molecule has 3 rings (SSSR count). The molecule has 2 aromatic carbocycles. The Bertz CT molecular complexity index is 844. The first-order chi connectivity index (χ1) is 11.3. The van der Waals surface area contributed by atoms with Crippen LogP contribution in [-0.4, -0.2) is 16.8 Å². The average Bonchev–Trinajstić information content (AvgIpc) is 2.78. The van der Waals surface area contributed by atoms with Crippen LogP contribution in [0.3, 0.4) is 0 Å². The minimum atomic E-state index is -4.45. The van der Waals surface area contributed by atoms with E-state index in [0.29, 0.717) is 16.8 Å². The molecule has 1 heterocycles. The predicted octanol–water partition coefficient (Wildman–Crippen LogP) is 3.74. The molecule has 7 heteroatoms. The van der Waals surface area contributed by atoms with Gasteiger partial charge in [0.15, 0.2) is 5.71 Å². The lowest BCUT2D eigenvalue weighted by Gasteiger charge is -2.18. The molecular formula is C17H13F3N2O2. The first-order valence-corrected chi connectivity index (χ1v) is 7.12. The third-order valence-electron chi connectivity index (χ3n) is 3.84. The number of nitrogens with zero attached hydrogens (tertiary/aromatic N) is 2. The molecular weight excluding hydrogens is 321 g/mol. The number of rotatable bonds is 2. The molecule has 124 valence electrons. The average molecular weight is 334 g/mol. The van der Waals surface area contributed by atoms with Crippen molar-refractivity contribution in [1.82, 2.24) is 0 Å². The van der Waals surface area contributed by atoms with E-state index < -0.39 is 17.6 Å². The smallest absolute Gasteiger partial charge is 0.410 e. The molecule has 1 aliphatic rings. The second-order valence-corrected chi connectivity index (χ2v) is 5.56. The van der Waals surface area contributed by atoms with Crippen molar-refractivity contribution in [2.75, 3.05) is 4.90 Å². The Morgan fingerprint density at radius 2 is 1.92 bits per heavy atom. The summed E-state index contributed by atoms with van der Waals surface area (Å²) < 4.78 is 38.5. The Labute approximate surface area is 135 Å². The maximum atomic E-state index is 12.8. The van der Waals surface area contributed by atoms with E-state index in [4.69, 9.17) is 5.21 Å². The Hall–Kier alpha value is -2.83. The molecule has 0 aromatic heterocycles. The number of carbonyl (C=O) groups is 1. The van der Waals surface area contributed by atoms with Gasteiger partial charge in [0.05, 0.1) is 17.8 Å². The molecule has 0 bridgehead atoms. The lowest BCUT2D eigenvalue weighted by molar-refractivity contribution is -0.137. The first-order valence-electron chi connectivity index (χ1n) is 7.12. The molecule has 1 aliphatic heterocycles. The number of oxime groups is 1. The summed E-state index contributed by atoms with van der Waals surface area (Å²) in [5.74, 6) is -0.546. The number of aryl methyl sites for hydroxylation is 1. The van der Waals surface area contributed by atoms with Crippen LogP contribution in [0.5, 0.6) is 0 Å². The van der Waals surface area contributed by atoms with Crippen molar-refractivity contribution in [3.8, 4) is 0 Å². The molecule has 0 atom stereocenters. The lowest BCUT2D eigenvalue weighted by atomic mass is 10.1. The molecule has 0 unspecified atom stereocenters. The number of fused-ring (bicyclic) bond motifs is 1. The van der Waals surface area contributed by atoms with Crippen LogP contribution >= 0.6 is 0 Å². The molecule has 2 aromatic rings. The van der Waals surface area contributed by atoms with E-state index in [1.165, 1.54) is 17.0 Å². The zero-order chi connectivity index (χ0) is 17.5. The standard InChI is InChI=1S/C17H13F3N2O2/c1-10-5-6-14-13(7-10)15(21-24)16(23)22(14)9-11-3-2-4-12(8-11)17(18,19)20/h2-8,24H,9H2,1H3/b21-15-. The van der Waals surface area contributed by atoms with E-state index in [2.05, 4.69) is 5.16 Å². The highest BCUT2D eigenvalue weighted by Crippen LogP contribution is 2.33. The van der Waals surface area contributed by atoms with E-state index in [9.17, 15) is 18.0 Å². The van der Waals surface area contributed by atoms with E-state index in [1.54, 1.807) is 18.2 Å². The third kappa shape index (κ3) is 2.73. The van der Waals surface area contributed by atoms with Crippen LogP contribution in [0.15, 0.2) is 47.6 Å².